The summed E-state index contributed by atoms with van der Waals surface area (Å²) in [6, 6.07) is 6.15. The number of nitrogens with one attached hydrogen (secondary N) is 2. The summed E-state index contributed by atoms with van der Waals surface area (Å²) in [6.45, 7) is 2.18. The molecule has 0 saturated heterocycles. The van der Waals surface area contributed by atoms with Gasteiger partial charge in [-0.2, -0.15) is 31.4 Å². The highest BCUT2D eigenvalue weighted by Gasteiger charge is 2.38. The minimum atomic E-state index is -4.75. The van der Waals surface area contributed by atoms with Gasteiger partial charge in [0.05, 0.1) is 4.90 Å². The number of rotatable bonds is 5. The van der Waals surface area contributed by atoms with Crippen LogP contribution >= 0.6 is 13.5 Å². The van der Waals surface area contributed by atoms with E-state index in [9.17, 15) is 30.8 Å². The minimum Gasteiger partial charge on any atom is -0.322 e. The molecule has 0 aliphatic rings. The van der Waals surface area contributed by atoms with E-state index >= 15 is 0 Å². The van der Waals surface area contributed by atoms with E-state index in [1.54, 1.807) is 0 Å². The Labute approximate surface area is 166 Å². The van der Waals surface area contributed by atoms with Crippen LogP contribution in [0.3, 0.4) is 0 Å². The molecule has 1 amide bonds. The van der Waals surface area contributed by atoms with Gasteiger partial charge in [0.2, 0.25) is 10.0 Å². The van der Waals surface area contributed by atoms with Crippen LogP contribution in [0.4, 0.5) is 23.2 Å². The second-order valence-electron chi connectivity index (χ2n) is 5.83. The van der Waals surface area contributed by atoms with Crippen molar-refractivity contribution in [1.82, 2.24) is 4.72 Å². The van der Waals surface area contributed by atoms with Gasteiger partial charge in [-0.15, -0.1) is 0 Å². The third kappa shape index (κ3) is 5.94. The van der Waals surface area contributed by atoms with Crippen LogP contribution in [-0.4, -0.2) is 26.5 Å². The van der Waals surface area contributed by atoms with E-state index in [1.165, 1.54) is 35.9 Å². The monoisotopic (exact) mass is 438 g/mol. The summed E-state index contributed by atoms with van der Waals surface area (Å²) >= 11 is 0. The first-order valence-electron chi connectivity index (χ1n) is 7.67. The fraction of sp³-hybridized carbons (Fsp3) is 0.235. The van der Waals surface area contributed by atoms with Crippen molar-refractivity contribution in [2.45, 2.75) is 31.0 Å². The van der Waals surface area contributed by atoms with Gasteiger partial charge in [-0.3, -0.25) is 4.79 Å². The number of anilines is 1. The molecule has 2 N–H and O–H groups in total. The van der Waals surface area contributed by atoms with Crippen molar-refractivity contribution in [2.24, 2.45) is 0 Å². The highest BCUT2D eigenvalue weighted by Crippen LogP contribution is 2.22. The molecule has 0 aliphatic heterocycles. The summed E-state index contributed by atoms with van der Waals surface area (Å²) in [4.78, 5) is 11.8. The van der Waals surface area contributed by atoms with E-state index in [2.05, 4.69) is 5.32 Å². The Morgan fingerprint density at radius 2 is 1.75 bits per heavy atom. The van der Waals surface area contributed by atoms with Gasteiger partial charge in [0.15, 0.2) is 0 Å². The third-order valence-electron chi connectivity index (χ3n) is 3.65. The van der Waals surface area contributed by atoms with E-state index in [0.29, 0.717) is 12.5 Å². The summed E-state index contributed by atoms with van der Waals surface area (Å²) < 4.78 is 76.8. The molecule has 0 unspecified atom stereocenters. The molecule has 0 radical (unpaired) electrons. The SMILES string of the molecule is Cc1cc(NC(=O)c2cccc(S(=O)(=O)N[C@H](C)C(F)(F)F)c2)ccc1F.S. The van der Waals surface area contributed by atoms with Crippen molar-refractivity contribution in [1.29, 1.82) is 0 Å². The van der Waals surface area contributed by atoms with Gasteiger partial charge in [-0.1, -0.05) is 6.07 Å². The standard InChI is InChI=1S/C17H16F4N2O3S.H2S/c1-10-8-13(6-7-15(10)18)22-16(24)12-4-3-5-14(9-12)27(25,26)23-11(2)17(19,20)21;/h3-9,11,23H,1-2H3,(H,22,24);1H2/t11-;/m1./s1. The zero-order chi connectivity index (χ0) is 20.4. The van der Waals surface area contributed by atoms with Crippen molar-refractivity contribution in [3.63, 3.8) is 0 Å². The normalized spacial score (nSPS) is 12.8. The lowest BCUT2D eigenvalue weighted by Crippen LogP contribution is -2.43. The molecule has 0 spiro atoms. The van der Waals surface area contributed by atoms with Gasteiger partial charge < -0.3 is 5.32 Å². The van der Waals surface area contributed by atoms with Crippen LogP contribution in [0, 0.1) is 12.7 Å². The molecular weight excluding hydrogens is 420 g/mol. The van der Waals surface area contributed by atoms with Gasteiger partial charge >= 0.3 is 6.18 Å². The highest BCUT2D eigenvalue weighted by molar-refractivity contribution is 7.89. The summed E-state index contributed by atoms with van der Waals surface area (Å²) in [5.74, 6) is -1.15. The van der Waals surface area contributed by atoms with Gasteiger partial charge in [0, 0.05) is 11.3 Å². The Morgan fingerprint density at radius 1 is 1.11 bits per heavy atom. The molecule has 0 saturated carbocycles. The van der Waals surface area contributed by atoms with E-state index in [-0.39, 0.29) is 24.7 Å². The molecule has 0 aliphatic carbocycles. The second-order valence-corrected chi connectivity index (χ2v) is 7.54. The first-order chi connectivity index (χ1) is 12.4. The van der Waals surface area contributed by atoms with Gasteiger partial charge in [-0.25, -0.2) is 12.8 Å². The number of hydrogen-bond donors (Lipinski definition) is 2. The van der Waals surface area contributed by atoms with Crippen molar-refractivity contribution < 1.29 is 30.8 Å². The summed E-state index contributed by atoms with van der Waals surface area (Å²) in [7, 11) is -4.48. The molecule has 5 nitrogen and oxygen atoms in total. The van der Waals surface area contributed by atoms with Crippen molar-refractivity contribution >= 4 is 35.1 Å². The molecule has 0 bridgehead atoms. The van der Waals surface area contributed by atoms with Crippen molar-refractivity contribution in [3.8, 4) is 0 Å². The molecular formula is C17H18F4N2O3S2. The molecule has 154 valence electrons. The maximum Gasteiger partial charge on any atom is 0.404 e. The number of alkyl halides is 3. The first-order valence-corrected chi connectivity index (χ1v) is 9.15. The maximum absolute atomic E-state index is 13.3. The molecule has 0 fully saturated rings. The van der Waals surface area contributed by atoms with Crippen LogP contribution < -0.4 is 10.0 Å². The smallest absolute Gasteiger partial charge is 0.322 e. The average Bonchev–Trinajstić information content (AvgIpc) is 2.57. The molecule has 0 aromatic heterocycles. The number of halogens is 4. The van der Waals surface area contributed by atoms with Crippen LogP contribution in [0.2, 0.25) is 0 Å². The Morgan fingerprint density at radius 3 is 2.32 bits per heavy atom. The lowest BCUT2D eigenvalue weighted by molar-refractivity contribution is -0.147. The molecule has 1 atom stereocenters. The maximum atomic E-state index is 13.3. The van der Waals surface area contributed by atoms with Crippen LogP contribution in [0.5, 0.6) is 0 Å². The van der Waals surface area contributed by atoms with Crippen molar-refractivity contribution in [3.05, 3.63) is 59.4 Å². The fourth-order valence-corrected chi connectivity index (χ4v) is 3.37. The van der Waals surface area contributed by atoms with Gasteiger partial charge in [0.25, 0.3) is 5.91 Å². The number of hydrogen-bond acceptors (Lipinski definition) is 3. The quantitative estimate of drug-likeness (QED) is 0.699. The minimum absolute atomic E-state index is 0. The fourth-order valence-electron chi connectivity index (χ4n) is 2.10. The molecule has 2 aromatic rings. The van der Waals surface area contributed by atoms with E-state index < -0.39 is 38.9 Å². The predicted octanol–water partition coefficient (Wildman–Crippen LogP) is 3.73. The van der Waals surface area contributed by atoms with Gasteiger partial charge in [-0.05, 0) is 55.8 Å². The molecule has 11 heteroatoms. The number of aryl methyl sites for hydroxylation is 1. The molecule has 2 aromatic carbocycles. The summed E-state index contributed by atoms with van der Waals surface area (Å²) in [5, 5.41) is 2.47. The lowest BCUT2D eigenvalue weighted by Gasteiger charge is -2.17. The van der Waals surface area contributed by atoms with Crippen LogP contribution in [0.1, 0.15) is 22.8 Å². The third-order valence-corrected chi connectivity index (χ3v) is 5.18. The zero-order valence-corrected chi connectivity index (χ0v) is 16.6. The highest BCUT2D eigenvalue weighted by atomic mass is 32.2. The number of carbonyl (C=O) groups excluding carboxylic acids is 1. The second kappa shape index (κ2) is 8.93. The van der Waals surface area contributed by atoms with Crippen LogP contribution in [0.25, 0.3) is 0 Å². The van der Waals surface area contributed by atoms with Crippen molar-refractivity contribution in [2.75, 3.05) is 5.32 Å². The Kier molecular flexibility index (Phi) is 7.63. The van der Waals surface area contributed by atoms with Crippen LogP contribution in [0.15, 0.2) is 47.4 Å². The van der Waals surface area contributed by atoms with Crippen LogP contribution in [-0.2, 0) is 10.0 Å². The molecule has 2 rings (SSSR count). The lowest BCUT2D eigenvalue weighted by atomic mass is 10.2. The predicted molar refractivity (Wildman–Crippen MR) is 102 cm³/mol. The summed E-state index contributed by atoms with van der Waals surface area (Å²) in [6.07, 6.45) is -4.75. The van der Waals surface area contributed by atoms with E-state index in [4.69, 9.17) is 0 Å². The molecule has 0 heterocycles. The van der Waals surface area contributed by atoms with E-state index in [1.807, 2.05) is 0 Å². The average molecular weight is 438 g/mol. The topological polar surface area (TPSA) is 75.3 Å². The zero-order valence-electron chi connectivity index (χ0n) is 14.8. The Balaban J connectivity index is 0.00000392. The number of benzene rings is 2. The largest absolute Gasteiger partial charge is 0.404 e. The number of carbonyl (C=O) groups is 1. The number of amides is 1. The number of sulfonamides is 1. The van der Waals surface area contributed by atoms with Gasteiger partial charge in [0.1, 0.15) is 11.9 Å². The van der Waals surface area contributed by atoms with E-state index in [0.717, 1.165) is 18.2 Å². The first kappa shape index (κ1) is 23.9. The Hall–Kier alpha value is -2.11. The Bertz CT molecular complexity index is 963. The summed E-state index contributed by atoms with van der Waals surface area (Å²) in [5.41, 5.74) is 0.505. The molecule has 28 heavy (non-hydrogen) atoms.